The molecule has 0 saturated carbocycles. The molecule has 0 N–H and O–H groups in total. The summed E-state index contributed by atoms with van der Waals surface area (Å²) in [5.41, 5.74) is 0.743. The molecule has 1 aliphatic heterocycles. The van der Waals surface area contributed by atoms with Gasteiger partial charge in [-0.3, -0.25) is 9.69 Å². The van der Waals surface area contributed by atoms with Gasteiger partial charge in [-0.2, -0.15) is 13.2 Å². The van der Waals surface area contributed by atoms with Gasteiger partial charge >= 0.3 is 6.18 Å². The van der Waals surface area contributed by atoms with Crippen molar-refractivity contribution in [3.8, 4) is 0 Å². The minimum Gasteiger partial charge on any atom is -0.297 e. The Labute approximate surface area is 109 Å². The number of rotatable bonds is 1. The number of alkyl halides is 3. The zero-order valence-corrected chi connectivity index (χ0v) is 10.4. The maximum atomic E-state index is 12.2. The van der Waals surface area contributed by atoms with Crippen LogP contribution in [0.5, 0.6) is 0 Å². The summed E-state index contributed by atoms with van der Waals surface area (Å²) in [5.74, 6) is -1.02. The highest BCUT2D eigenvalue weighted by atomic mass is 19.4. The summed E-state index contributed by atoms with van der Waals surface area (Å²) in [4.78, 5) is 16.5. The monoisotopic (exact) mass is 272 g/mol. The van der Waals surface area contributed by atoms with Crippen LogP contribution in [-0.4, -0.2) is 29.7 Å². The van der Waals surface area contributed by atoms with E-state index in [2.05, 4.69) is 18.2 Å². The quantitative estimate of drug-likeness (QED) is 0.721. The van der Waals surface area contributed by atoms with Gasteiger partial charge < -0.3 is 0 Å². The molecule has 0 aromatic carbocycles. The lowest BCUT2D eigenvalue weighted by Gasteiger charge is -2.23. The Bertz CT molecular complexity index is 436. The van der Waals surface area contributed by atoms with Crippen molar-refractivity contribution in [1.82, 2.24) is 4.90 Å². The highest BCUT2D eigenvalue weighted by Gasteiger charge is 2.34. The van der Waals surface area contributed by atoms with Crippen LogP contribution in [0.3, 0.4) is 0 Å². The summed E-state index contributed by atoms with van der Waals surface area (Å²) >= 11 is 0. The molecule has 6 heteroatoms. The molecule has 0 fully saturated rings. The van der Waals surface area contributed by atoms with E-state index in [0.29, 0.717) is 12.8 Å². The van der Waals surface area contributed by atoms with Crippen LogP contribution in [0.2, 0.25) is 0 Å². The Kier molecular flexibility index (Phi) is 5.09. The Morgan fingerprint density at radius 3 is 2.74 bits per heavy atom. The molecule has 0 aromatic rings. The summed E-state index contributed by atoms with van der Waals surface area (Å²) in [6.45, 7) is 7.38. The summed E-state index contributed by atoms with van der Waals surface area (Å²) in [5, 5.41) is 0. The highest BCUT2D eigenvalue weighted by molar-refractivity contribution is 5.79. The Balaban J connectivity index is 2.83. The number of hydrogen-bond acceptors (Lipinski definition) is 2. The molecule has 0 saturated heterocycles. The number of hydrogen-bond donors (Lipinski definition) is 0. The van der Waals surface area contributed by atoms with E-state index in [1.165, 1.54) is 6.21 Å². The molecule has 1 amide bonds. The largest absolute Gasteiger partial charge is 0.397 e. The number of allylic oxidation sites excluding steroid dienone is 2. The first-order chi connectivity index (χ1) is 8.79. The lowest BCUT2D eigenvalue weighted by molar-refractivity contribution is -0.159. The summed E-state index contributed by atoms with van der Waals surface area (Å²) in [7, 11) is 0. The van der Waals surface area contributed by atoms with Crippen LogP contribution >= 0.6 is 0 Å². The van der Waals surface area contributed by atoms with Gasteiger partial charge in [0.15, 0.2) is 0 Å². The molecular weight excluding hydrogens is 257 g/mol. The third kappa shape index (κ3) is 5.54. The third-order valence-electron chi connectivity index (χ3n) is 2.46. The Morgan fingerprint density at radius 2 is 2.11 bits per heavy atom. The van der Waals surface area contributed by atoms with Crippen molar-refractivity contribution >= 4 is 12.1 Å². The average molecular weight is 272 g/mol. The van der Waals surface area contributed by atoms with Crippen LogP contribution in [0.1, 0.15) is 19.3 Å². The van der Waals surface area contributed by atoms with Crippen molar-refractivity contribution in [3.05, 3.63) is 36.7 Å². The van der Waals surface area contributed by atoms with Crippen LogP contribution in [0.25, 0.3) is 0 Å². The molecular formula is C13H15F3N2O. The number of nitrogens with zero attached hydrogens (tertiary/aromatic N) is 2. The van der Waals surface area contributed by atoms with Gasteiger partial charge in [-0.15, -0.1) is 0 Å². The van der Waals surface area contributed by atoms with Crippen molar-refractivity contribution in [2.24, 2.45) is 4.99 Å². The van der Waals surface area contributed by atoms with Crippen LogP contribution in [-0.2, 0) is 4.79 Å². The molecule has 1 heterocycles. The van der Waals surface area contributed by atoms with Gasteiger partial charge in [-0.05, 0) is 6.42 Å². The van der Waals surface area contributed by atoms with Crippen molar-refractivity contribution in [1.29, 1.82) is 0 Å². The minimum absolute atomic E-state index is 0.0253. The van der Waals surface area contributed by atoms with Gasteiger partial charge in [-0.1, -0.05) is 30.9 Å². The highest BCUT2D eigenvalue weighted by Crippen LogP contribution is 2.22. The van der Waals surface area contributed by atoms with Crippen molar-refractivity contribution < 1.29 is 18.0 Å². The molecule has 0 unspecified atom stereocenters. The first kappa shape index (κ1) is 15.2. The second-order valence-electron chi connectivity index (χ2n) is 4.11. The molecule has 0 bridgehead atoms. The summed E-state index contributed by atoms with van der Waals surface area (Å²) < 4.78 is 36.7. The fourth-order valence-electron chi connectivity index (χ4n) is 1.53. The number of carbonyl (C=O) groups is 1. The maximum absolute atomic E-state index is 12.2. The molecule has 0 atom stereocenters. The second kappa shape index (κ2) is 6.36. The molecule has 0 aromatic heterocycles. The van der Waals surface area contributed by atoms with Gasteiger partial charge in [0.2, 0.25) is 5.91 Å². The molecule has 19 heavy (non-hydrogen) atoms. The maximum Gasteiger partial charge on any atom is 0.397 e. The van der Waals surface area contributed by atoms with E-state index in [9.17, 15) is 18.0 Å². The summed E-state index contributed by atoms with van der Waals surface area (Å²) in [6.07, 6.45) is -0.0464. The number of amides is 1. The lowest BCUT2D eigenvalue weighted by Crippen LogP contribution is -2.34. The van der Waals surface area contributed by atoms with Crippen molar-refractivity contribution in [2.75, 3.05) is 6.54 Å². The van der Waals surface area contributed by atoms with Gasteiger partial charge in [0.05, 0.1) is 0 Å². The van der Waals surface area contributed by atoms with E-state index < -0.39 is 18.5 Å². The third-order valence-corrected chi connectivity index (χ3v) is 2.46. The van der Waals surface area contributed by atoms with Gasteiger partial charge in [0, 0.05) is 19.2 Å². The van der Waals surface area contributed by atoms with Crippen molar-refractivity contribution in [2.45, 2.75) is 25.4 Å². The topological polar surface area (TPSA) is 32.7 Å². The van der Waals surface area contributed by atoms with Gasteiger partial charge in [0.1, 0.15) is 12.2 Å². The van der Waals surface area contributed by atoms with E-state index in [1.54, 1.807) is 6.08 Å². The summed E-state index contributed by atoms with van der Waals surface area (Å²) in [6, 6.07) is 0. The normalized spacial score (nSPS) is 19.4. The van der Waals surface area contributed by atoms with E-state index in [1.807, 2.05) is 6.08 Å². The number of halogens is 3. The molecule has 1 rings (SSSR count). The lowest BCUT2D eigenvalue weighted by atomic mass is 10.1. The Hall–Kier alpha value is -1.85. The van der Waals surface area contributed by atoms with E-state index in [-0.39, 0.29) is 12.4 Å². The number of carbonyl (C=O) groups excluding carboxylic acids is 1. The fourth-order valence-corrected chi connectivity index (χ4v) is 1.53. The second-order valence-corrected chi connectivity index (χ2v) is 4.11. The fraction of sp³-hybridized carbons (Fsp3) is 0.385. The molecule has 104 valence electrons. The first-order valence-corrected chi connectivity index (χ1v) is 5.72. The van der Waals surface area contributed by atoms with E-state index >= 15 is 0 Å². The predicted molar refractivity (Wildman–Crippen MR) is 67.5 cm³/mol. The number of aliphatic imine (C=N–C) groups is 1. The molecule has 0 spiro atoms. The molecule has 0 aliphatic carbocycles. The van der Waals surface area contributed by atoms with Crippen LogP contribution in [0.4, 0.5) is 13.2 Å². The SMILES string of the molecule is C=C1/C=C\CC=NC(=C)N(C(=O)CC(F)(F)F)CC1. The van der Waals surface area contributed by atoms with E-state index in [4.69, 9.17) is 0 Å². The first-order valence-electron chi connectivity index (χ1n) is 5.72. The van der Waals surface area contributed by atoms with Gasteiger partial charge in [-0.25, -0.2) is 4.99 Å². The average Bonchev–Trinajstić information content (AvgIpc) is 2.26. The van der Waals surface area contributed by atoms with Crippen LogP contribution in [0.15, 0.2) is 41.7 Å². The Morgan fingerprint density at radius 1 is 1.42 bits per heavy atom. The van der Waals surface area contributed by atoms with Crippen LogP contribution in [0, 0.1) is 0 Å². The van der Waals surface area contributed by atoms with Gasteiger partial charge in [0.25, 0.3) is 0 Å². The zero-order valence-electron chi connectivity index (χ0n) is 10.4. The molecule has 3 nitrogen and oxygen atoms in total. The standard InChI is InChI=1S/C13H15F3N2O/c1-10-5-3-4-7-17-11(2)18(8-6-10)12(19)9-13(14,15)16/h3,5,7H,1-2,4,6,8-9H2/b5-3-,17-7?. The van der Waals surface area contributed by atoms with Crippen molar-refractivity contribution in [3.63, 3.8) is 0 Å². The smallest absolute Gasteiger partial charge is 0.297 e. The predicted octanol–water partition coefficient (Wildman–Crippen LogP) is 3.22. The zero-order chi connectivity index (χ0) is 14.5. The molecule has 0 radical (unpaired) electrons. The van der Waals surface area contributed by atoms with E-state index in [0.717, 1.165) is 10.5 Å². The van der Waals surface area contributed by atoms with Crippen LogP contribution < -0.4 is 0 Å². The molecule has 1 aliphatic rings. The minimum atomic E-state index is -4.53.